The topological polar surface area (TPSA) is 79.9 Å². The molecular weight excluding hydrogens is 456 g/mol. The number of imidazole rings is 1. The molecule has 2 aromatic carbocycles. The van der Waals surface area contributed by atoms with Crippen LogP contribution in [0.2, 0.25) is 0 Å². The first-order chi connectivity index (χ1) is 17.6. The molecule has 1 atom stereocenters. The van der Waals surface area contributed by atoms with E-state index in [9.17, 15) is 4.79 Å². The first-order valence-electron chi connectivity index (χ1n) is 12.0. The van der Waals surface area contributed by atoms with Crippen LogP contribution in [0.4, 0.5) is 0 Å². The molecule has 4 aromatic rings. The summed E-state index contributed by atoms with van der Waals surface area (Å²) in [6.07, 6.45) is 8.67. The molecule has 6 rings (SSSR count). The number of carbonyl (C=O) groups is 1. The Labute approximate surface area is 208 Å². The maximum absolute atomic E-state index is 12.7. The van der Waals surface area contributed by atoms with Crippen LogP contribution < -0.4 is 9.47 Å². The fraction of sp³-hybridized carbons (Fsp3) is 0.250. The number of benzene rings is 2. The summed E-state index contributed by atoms with van der Waals surface area (Å²) in [7, 11) is 2.08. The van der Waals surface area contributed by atoms with E-state index in [4.69, 9.17) is 14.3 Å². The third kappa shape index (κ3) is 3.94. The Morgan fingerprint density at radius 1 is 1.22 bits per heavy atom. The van der Waals surface area contributed by atoms with Crippen LogP contribution in [0.5, 0.6) is 11.5 Å². The first kappa shape index (κ1) is 22.2. The van der Waals surface area contributed by atoms with Crippen molar-refractivity contribution in [2.75, 3.05) is 6.79 Å². The maximum atomic E-state index is 12.7. The summed E-state index contributed by atoms with van der Waals surface area (Å²) < 4.78 is 15.1. The quantitative estimate of drug-likeness (QED) is 0.235. The van der Waals surface area contributed by atoms with Gasteiger partial charge in [-0.05, 0) is 49.6 Å². The van der Waals surface area contributed by atoms with E-state index in [0.717, 1.165) is 53.0 Å². The van der Waals surface area contributed by atoms with Crippen LogP contribution in [0.25, 0.3) is 17.0 Å². The van der Waals surface area contributed by atoms with Crippen molar-refractivity contribution in [3.05, 3.63) is 83.6 Å². The highest BCUT2D eigenvalue weighted by Gasteiger charge is 2.31. The zero-order valence-corrected chi connectivity index (χ0v) is 20.2. The molecule has 1 aliphatic heterocycles. The lowest BCUT2D eigenvalue weighted by Crippen LogP contribution is -2.28. The van der Waals surface area contributed by atoms with Gasteiger partial charge >= 0.3 is 5.97 Å². The van der Waals surface area contributed by atoms with Gasteiger partial charge in [-0.1, -0.05) is 29.4 Å². The highest BCUT2D eigenvalue weighted by Crippen LogP contribution is 2.35. The molecule has 3 heterocycles. The number of aryl methyl sites for hydroxylation is 2. The van der Waals surface area contributed by atoms with E-state index in [1.165, 1.54) is 11.8 Å². The third-order valence-electron chi connectivity index (χ3n) is 6.98. The average molecular weight is 483 g/mol. The van der Waals surface area contributed by atoms with Gasteiger partial charge in [0.15, 0.2) is 11.5 Å². The van der Waals surface area contributed by atoms with E-state index in [2.05, 4.69) is 38.5 Å². The Hall–Kier alpha value is -4.33. The van der Waals surface area contributed by atoms with Gasteiger partial charge < -0.3 is 23.4 Å². The second kappa shape index (κ2) is 9.03. The summed E-state index contributed by atoms with van der Waals surface area (Å²) in [6.45, 7) is 2.92. The molecule has 2 aromatic heterocycles. The zero-order chi connectivity index (χ0) is 24.6. The molecule has 8 nitrogen and oxygen atoms in total. The van der Waals surface area contributed by atoms with Crippen LogP contribution in [-0.4, -0.2) is 32.6 Å². The average Bonchev–Trinajstić information content (AvgIpc) is 3.60. The van der Waals surface area contributed by atoms with Crippen molar-refractivity contribution in [1.29, 1.82) is 0 Å². The van der Waals surface area contributed by atoms with Crippen molar-refractivity contribution in [2.45, 2.75) is 26.3 Å². The van der Waals surface area contributed by atoms with Gasteiger partial charge in [0.1, 0.15) is 5.82 Å². The molecule has 0 saturated carbocycles. The van der Waals surface area contributed by atoms with Crippen LogP contribution in [0, 0.1) is 12.8 Å². The van der Waals surface area contributed by atoms with Crippen molar-refractivity contribution >= 4 is 28.7 Å². The lowest BCUT2D eigenvalue weighted by molar-refractivity contribution is -0.137. The molecule has 0 radical (unpaired) electrons. The number of fused-ring (bicyclic) bond motifs is 4. The normalized spacial score (nSPS) is 17.7. The monoisotopic (exact) mass is 482 g/mol. The van der Waals surface area contributed by atoms with Crippen LogP contribution in [0.3, 0.4) is 0 Å². The highest BCUT2D eigenvalue weighted by atomic mass is 16.7. The van der Waals surface area contributed by atoms with Crippen LogP contribution in [0.1, 0.15) is 29.1 Å². The fourth-order valence-electron chi connectivity index (χ4n) is 5.11. The number of aromatic nitrogens is 3. The summed E-state index contributed by atoms with van der Waals surface area (Å²) in [5.41, 5.74) is 5.02. The Kier molecular flexibility index (Phi) is 5.56. The second-order valence-electron chi connectivity index (χ2n) is 9.09. The van der Waals surface area contributed by atoms with Gasteiger partial charge in [0.2, 0.25) is 6.79 Å². The number of para-hydroxylation sites is 1. The molecule has 2 aliphatic rings. The number of ether oxygens (including phenoxy) is 2. The summed E-state index contributed by atoms with van der Waals surface area (Å²) in [5, 5.41) is 5.59. The van der Waals surface area contributed by atoms with E-state index in [-0.39, 0.29) is 12.7 Å². The molecule has 0 bridgehead atoms. The molecule has 0 amide bonds. The van der Waals surface area contributed by atoms with Crippen molar-refractivity contribution in [3.8, 4) is 11.5 Å². The summed E-state index contributed by atoms with van der Waals surface area (Å²) >= 11 is 0. The molecular formula is C28H26N4O4. The number of hydrogen-bond donors (Lipinski definition) is 0. The van der Waals surface area contributed by atoms with Gasteiger partial charge in [-0.3, -0.25) is 0 Å². The molecule has 36 heavy (non-hydrogen) atoms. The van der Waals surface area contributed by atoms with E-state index in [0.29, 0.717) is 11.5 Å². The van der Waals surface area contributed by atoms with E-state index < -0.39 is 5.97 Å². The maximum Gasteiger partial charge on any atom is 0.358 e. The van der Waals surface area contributed by atoms with Gasteiger partial charge in [-0.15, -0.1) is 0 Å². The molecule has 1 aliphatic carbocycles. The van der Waals surface area contributed by atoms with Gasteiger partial charge in [0, 0.05) is 60.1 Å². The Balaban J connectivity index is 1.31. The highest BCUT2D eigenvalue weighted by molar-refractivity contribution is 6.14. The lowest BCUT2D eigenvalue weighted by Gasteiger charge is -2.25. The minimum atomic E-state index is -0.537. The molecule has 0 fully saturated rings. The molecule has 0 saturated heterocycles. The Bertz CT molecular complexity index is 1530. The Morgan fingerprint density at radius 3 is 2.94 bits per heavy atom. The molecule has 0 N–H and O–H groups in total. The van der Waals surface area contributed by atoms with Crippen molar-refractivity contribution in [2.24, 2.45) is 18.1 Å². The summed E-state index contributed by atoms with van der Waals surface area (Å²) in [5.74, 6) is 1.85. The predicted molar refractivity (Wildman–Crippen MR) is 136 cm³/mol. The minimum absolute atomic E-state index is 0.0850. The second-order valence-corrected chi connectivity index (χ2v) is 9.09. The van der Waals surface area contributed by atoms with E-state index in [1.54, 1.807) is 12.3 Å². The molecule has 8 heteroatoms. The molecule has 0 spiro atoms. The van der Waals surface area contributed by atoms with E-state index >= 15 is 0 Å². The van der Waals surface area contributed by atoms with Gasteiger partial charge in [0.25, 0.3) is 0 Å². The van der Waals surface area contributed by atoms with Crippen LogP contribution >= 0.6 is 0 Å². The fourth-order valence-corrected chi connectivity index (χ4v) is 5.11. The predicted octanol–water partition coefficient (Wildman–Crippen LogP) is 4.64. The number of oxime groups is 1. The Morgan fingerprint density at radius 2 is 2.08 bits per heavy atom. The smallest absolute Gasteiger partial charge is 0.358 e. The van der Waals surface area contributed by atoms with Crippen molar-refractivity contribution < 1.29 is 19.1 Å². The van der Waals surface area contributed by atoms with Crippen LogP contribution in [-0.2, 0) is 29.6 Å². The van der Waals surface area contributed by atoms with Crippen LogP contribution in [0.15, 0.2) is 66.1 Å². The van der Waals surface area contributed by atoms with E-state index in [1.807, 2.05) is 43.5 Å². The molecule has 1 unspecified atom stereocenters. The standard InChI is InChI=1S/C28H26N4O4/c1-18-29-13-14-32(18)16-20-9-10-23-27(21-5-3-4-6-22(21)31(23)2)28(20)30-36-26(33)12-8-19-7-11-24-25(15-19)35-17-34-24/h3-8,11-15,20H,9-10,16-17H2,1-2H3. The van der Waals surface area contributed by atoms with Crippen molar-refractivity contribution in [3.63, 3.8) is 0 Å². The summed E-state index contributed by atoms with van der Waals surface area (Å²) in [4.78, 5) is 22.5. The number of rotatable bonds is 5. The SMILES string of the molecule is Cc1nccn1CC1CCc2c(c3ccccc3n2C)C1=NOC(=O)C=Cc1ccc2c(c1)OCO2. The number of hydrogen-bond acceptors (Lipinski definition) is 6. The lowest BCUT2D eigenvalue weighted by atomic mass is 9.84. The third-order valence-corrected chi connectivity index (χ3v) is 6.98. The largest absolute Gasteiger partial charge is 0.454 e. The number of carbonyl (C=O) groups excluding carboxylic acids is 1. The number of nitrogens with zero attached hydrogens (tertiary/aromatic N) is 4. The zero-order valence-electron chi connectivity index (χ0n) is 20.2. The van der Waals surface area contributed by atoms with Crippen molar-refractivity contribution in [1.82, 2.24) is 14.1 Å². The van der Waals surface area contributed by atoms with Gasteiger partial charge in [-0.25, -0.2) is 9.78 Å². The minimum Gasteiger partial charge on any atom is -0.454 e. The summed E-state index contributed by atoms with van der Waals surface area (Å²) in [6, 6.07) is 13.8. The van der Waals surface area contributed by atoms with Gasteiger partial charge in [-0.2, -0.15) is 0 Å². The first-order valence-corrected chi connectivity index (χ1v) is 12.0. The molecule has 182 valence electrons. The van der Waals surface area contributed by atoms with Gasteiger partial charge in [0.05, 0.1) is 5.71 Å².